The number of hydrogen-bond acceptors (Lipinski definition) is 4. The van der Waals surface area contributed by atoms with E-state index in [0.29, 0.717) is 22.9 Å². The van der Waals surface area contributed by atoms with Crippen LogP contribution in [-0.4, -0.2) is 17.9 Å². The number of amides is 1. The van der Waals surface area contributed by atoms with E-state index < -0.39 is 0 Å². The summed E-state index contributed by atoms with van der Waals surface area (Å²) < 4.78 is 10.6. The van der Waals surface area contributed by atoms with Crippen molar-refractivity contribution in [3.63, 3.8) is 0 Å². The summed E-state index contributed by atoms with van der Waals surface area (Å²) >= 11 is 6.23. The minimum atomic E-state index is -0.312. The first-order valence-corrected chi connectivity index (χ1v) is 8.57. The van der Waals surface area contributed by atoms with Crippen LogP contribution in [0, 0.1) is 0 Å². The number of halogens is 1. The maximum atomic E-state index is 12.9. The summed E-state index contributed by atoms with van der Waals surface area (Å²) in [7, 11) is 1.57. The van der Waals surface area contributed by atoms with Gasteiger partial charge in [-0.3, -0.25) is 4.79 Å². The van der Waals surface area contributed by atoms with Crippen LogP contribution in [0.3, 0.4) is 0 Å². The van der Waals surface area contributed by atoms with Crippen molar-refractivity contribution in [2.45, 2.75) is 12.7 Å². The van der Waals surface area contributed by atoms with Gasteiger partial charge >= 0.3 is 0 Å². The lowest BCUT2D eigenvalue weighted by Gasteiger charge is -2.26. The van der Waals surface area contributed by atoms with E-state index in [1.165, 1.54) is 0 Å². The van der Waals surface area contributed by atoms with Gasteiger partial charge in [0.25, 0.3) is 5.91 Å². The second kappa shape index (κ2) is 6.77. The molecule has 2 aromatic carbocycles. The van der Waals surface area contributed by atoms with Crippen LogP contribution in [-0.2, 0) is 6.54 Å². The molecule has 26 heavy (non-hydrogen) atoms. The predicted molar refractivity (Wildman–Crippen MR) is 99.4 cm³/mol. The van der Waals surface area contributed by atoms with Crippen LogP contribution in [0.15, 0.2) is 65.3 Å². The molecule has 1 amide bonds. The van der Waals surface area contributed by atoms with Crippen molar-refractivity contribution in [1.82, 2.24) is 4.90 Å². The van der Waals surface area contributed by atoms with Gasteiger partial charge in [0.1, 0.15) is 17.7 Å². The van der Waals surface area contributed by atoms with Gasteiger partial charge in [-0.05, 0) is 36.4 Å². The molecule has 0 aliphatic carbocycles. The lowest BCUT2D eigenvalue weighted by Crippen LogP contribution is -2.31. The molecule has 0 fully saturated rings. The van der Waals surface area contributed by atoms with Crippen molar-refractivity contribution in [1.29, 1.82) is 0 Å². The highest BCUT2D eigenvalue weighted by Crippen LogP contribution is 2.37. The van der Waals surface area contributed by atoms with Gasteiger partial charge in [-0.25, -0.2) is 0 Å². The highest BCUT2D eigenvalue weighted by molar-refractivity contribution is 6.32. The SMILES string of the molecule is COc1ccc(N[C@H]2c3ccccc3C(=O)N2Cc2ccco2)cc1Cl. The van der Waals surface area contributed by atoms with Crippen LogP contribution in [0.25, 0.3) is 0 Å². The Morgan fingerprint density at radius 2 is 2.04 bits per heavy atom. The molecular formula is C20H17ClN2O3. The number of benzene rings is 2. The van der Waals surface area contributed by atoms with Gasteiger partial charge in [0, 0.05) is 16.8 Å². The topological polar surface area (TPSA) is 54.7 Å². The number of nitrogens with zero attached hydrogens (tertiary/aromatic N) is 1. The first-order valence-electron chi connectivity index (χ1n) is 8.19. The Morgan fingerprint density at radius 3 is 2.77 bits per heavy atom. The van der Waals surface area contributed by atoms with Crippen LogP contribution < -0.4 is 10.1 Å². The van der Waals surface area contributed by atoms with Crippen molar-refractivity contribution in [2.75, 3.05) is 12.4 Å². The van der Waals surface area contributed by atoms with E-state index in [9.17, 15) is 4.79 Å². The number of furan rings is 1. The van der Waals surface area contributed by atoms with Crippen molar-refractivity contribution in [3.8, 4) is 5.75 Å². The quantitative estimate of drug-likeness (QED) is 0.708. The third-order valence-corrected chi connectivity index (χ3v) is 4.72. The van der Waals surface area contributed by atoms with Crippen LogP contribution in [0.5, 0.6) is 5.75 Å². The van der Waals surface area contributed by atoms with Crippen LogP contribution in [0.1, 0.15) is 27.8 Å². The van der Waals surface area contributed by atoms with E-state index in [2.05, 4.69) is 5.32 Å². The van der Waals surface area contributed by atoms with E-state index in [1.807, 2.05) is 42.5 Å². The number of rotatable bonds is 5. The number of nitrogens with one attached hydrogen (secondary N) is 1. The Hall–Kier alpha value is -2.92. The summed E-state index contributed by atoms with van der Waals surface area (Å²) in [5, 5.41) is 3.91. The molecule has 1 N–H and O–H groups in total. The van der Waals surface area contributed by atoms with Gasteiger partial charge in [-0.1, -0.05) is 29.8 Å². The van der Waals surface area contributed by atoms with Gasteiger partial charge in [-0.15, -0.1) is 0 Å². The maximum absolute atomic E-state index is 12.9. The van der Waals surface area contributed by atoms with Gasteiger partial charge in [-0.2, -0.15) is 0 Å². The number of carbonyl (C=O) groups excluding carboxylic acids is 1. The Morgan fingerprint density at radius 1 is 1.19 bits per heavy atom. The summed E-state index contributed by atoms with van der Waals surface area (Å²) in [5.41, 5.74) is 2.42. The van der Waals surface area contributed by atoms with Crippen molar-refractivity contribution in [3.05, 3.63) is 82.8 Å². The lowest BCUT2D eigenvalue weighted by molar-refractivity contribution is 0.0715. The predicted octanol–water partition coefficient (Wildman–Crippen LogP) is 4.71. The molecule has 3 aromatic rings. The molecule has 0 spiro atoms. The number of ether oxygens (including phenoxy) is 1. The van der Waals surface area contributed by atoms with Gasteiger partial charge < -0.3 is 19.4 Å². The Bertz CT molecular complexity index is 940. The third-order valence-electron chi connectivity index (χ3n) is 4.42. The third kappa shape index (κ3) is 2.91. The molecule has 4 rings (SSSR count). The van der Waals surface area contributed by atoms with E-state index in [1.54, 1.807) is 30.4 Å². The molecule has 1 aliphatic heterocycles. The number of anilines is 1. The molecule has 5 nitrogen and oxygen atoms in total. The van der Waals surface area contributed by atoms with Crippen LogP contribution in [0.2, 0.25) is 5.02 Å². The van der Waals surface area contributed by atoms with E-state index in [0.717, 1.165) is 17.0 Å². The fourth-order valence-corrected chi connectivity index (χ4v) is 3.43. The maximum Gasteiger partial charge on any atom is 0.256 e. The molecule has 2 heterocycles. The molecule has 1 atom stereocenters. The highest BCUT2D eigenvalue weighted by Gasteiger charge is 2.36. The molecule has 0 saturated carbocycles. The zero-order valence-corrected chi connectivity index (χ0v) is 14.9. The fourth-order valence-electron chi connectivity index (χ4n) is 3.17. The van der Waals surface area contributed by atoms with Gasteiger partial charge in [0.15, 0.2) is 0 Å². The van der Waals surface area contributed by atoms with Crippen molar-refractivity contribution >= 4 is 23.2 Å². The first-order chi connectivity index (χ1) is 12.7. The number of hydrogen-bond donors (Lipinski definition) is 1. The second-order valence-electron chi connectivity index (χ2n) is 6.00. The zero-order valence-electron chi connectivity index (χ0n) is 14.1. The molecular weight excluding hydrogens is 352 g/mol. The lowest BCUT2D eigenvalue weighted by atomic mass is 10.1. The van der Waals surface area contributed by atoms with Gasteiger partial charge in [0.05, 0.1) is 24.9 Å². The largest absolute Gasteiger partial charge is 0.495 e. The summed E-state index contributed by atoms with van der Waals surface area (Å²) in [4.78, 5) is 14.6. The Kier molecular flexibility index (Phi) is 4.31. The molecule has 0 radical (unpaired) electrons. The summed E-state index contributed by atoms with van der Waals surface area (Å²) in [6, 6.07) is 16.7. The minimum absolute atomic E-state index is 0.0332. The molecule has 1 aromatic heterocycles. The molecule has 1 aliphatic rings. The molecule has 132 valence electrons. The van der Waals surface area contributed by atoms with Crippen LogP contribution >= 0.6 is 11.6 Å². The van der Waals surface area contributed by atoms with Gasteiger partial charge in [0.2, 0.25) is 0 Å². The van der Waals surface area contributed by atoms with Crippen molar-refractivity contribution < 1.29 is 13.9 Å². The van der Waals surface area contributed by atoms with E-state index in [4.69, 9.17) is 20.8 Å². The highest BCUT2D eigenvalue weighted by atomic mass is 35.5. The summed E-state index contributed by atoms with van der Waals surface area (Å²) in [5.74, 6) is 1.30. The van der Waals surface area contributed by atoms with Crippen molar-refractivity contribution in [2.24, 2.45) is 0 Å². The zero-order chi connectivity index (χ0) is 18.1. The molecule has 0 bridgehead atoms. The average molecular weight is 369 g/mol. The van der Waals surface area contributed by atoms with Crippen LogP contribution in [0.4, 0.5) is 5.69 Å². The molecule has 6 heteroatoms. The monoisotopic (exact) mass is 368 g/mol. The second-order valence-corrected chi connectivity index (χ2v) is 6.40. The molecule has 0 unspecified atom stereocenters. The van der Waals surface area contributed by atoms with E-state index in [-0.39, 0.29) is 12.1 Å². The number of carbonyl (C=O) groups is 1. The Balaban J connectivity index is 1.68. The smallest absolute Gasteiger partial charge is 0.256 e. The van der Waals surface area contributed by atoms with E-state index >= 15 is 0 Å². The summed E-state index contributed by atoms with van der Waals surface area (Å²) in [6.07, 6.45) is 1.29. The fraction of sp³-hybridized carbons (Fsp3) is 0.150. The summed E-state index contributed by atoms with van der Waals surface area (Å²) in [6.45, 7) is 0.377. The first kappa shape index (κ1) is 16.5. The number of methoxy groups -OCH3 is 1. The number of fused-ring (bicyclic) bond motifs is 1. The molecule has 0 saturated heterocycles. The standard InChI is InChI=1S/C20H17ClN2O3/c1-25-18-9-8-13(11-17(18)21)22-19-15-6-2-3-7-16(15)20(24)23(19)12-14-5-4-10-26-14/h2-11,19,22H,12H2,1H3/t19-/m1/s1. The minimum Gasteiger partial charge on any atom is -0.495 e. The normalized spacial score (nSPS) is 15.8. The average Bonchev–Trinajstić information content (AvgIpc) is 3.25. The Labute approximate surface area is 156 Å².